The summed E-state index contributed by atoms with van der Waals surface area (Å²) in [6, 6.07) is 18.1. The number of nitrogens with zero attached hydrogens (tertiary/aromatic N) is 4. The van der Waals surface area contributed by atoms with E-state index in [0.29, 0.717) is 71.8 Å². The summed E-state index contributed by atoms with van der Waals surface area (Å²) in [6.07, 6.45) is 3.98. The third-order valence-electron chi connectivity index (χ3n) is 8.18. The highest BCUT2D eigenvalue weighted by atomic mass is 19.2. The lowest BCUT2D eigenvalue weighted by Crippen LogP contribution is -2.20. The minimum atomic E-state index is -0.871. The molecule has 0 aliphatic rings. The topological polar surface area (TPSA) is 99.8 Å². The number of carbonyl (C=O) groups excluding carboxylic acids is 1. The van der Waals surface area contributed by atoms with E-state index in [1.807, 2.05) is 35.0 Å². The van der Waals surface area contributed by atoms with E-state index in [9.17, 15) is 18.0 Å². The van der Waals surface area contributed by atoms with Gasteiger partial charge in [0.25, 0.3) is 5.91 Å². The van der Waals surface area contributed by atoms with Crippen LogP contribution in [0.4, 0.5) is 13.2 Å². The molecule has 0 atom stereocenters. The second-order valence-corrected chi connectivity index (χ2v) is 12.1. The normalized spacial score (nSPS) is 11.6. The number of halogens is 3. The zero-order valence-corrected chi connectivity index (χ0v) is 26.4. The van der Waals surface area contributed by atoms with Crippen LogP contribution in [0.15, 0.2) is 77.3 Å². The van der Waals surface area contributed by atoms with E-state index in [-0.39, 0.29) is 17.6 Å². The molecule has 7 nitrogen and oxygen atoms in total. The summed E-state index contributed by atoms with van der Waals surface area (Å²) in [5, 5.41) is 9.32. The number of aryl methyl sites for hydroxylation is 5. The Kier molecular flexibility index (Phi) is 8.93. The van der Waals surface area contributed by atoms with Gasteiger partial charge in [-0.05, 0) is 90.8 Å². The van der Waals surface area contributed by atoms with E-state index in [4.69, 9.17) is 15.1 Å². The molecule has 0 saturated heterocycles. The highest BCUT2D eigenvalue weighted by Crippen LogP contribution is 2.40. The summed E-state index contributed by atoms with van der Waals surface area (Å²) in [5.74, 6) is -1.90. The third kappa shape index (κ3) is 6.82. The molecule has 0 spiro atoms. The van der Waals surface area contributed by atoms with E-state index in [1.165, 1.54) is 18.2 Å². The molecule has 6 aromatic rings. The van der Waals surface area contributed by atoms with Gasteiger partial charge < -0.3 is 14.7 Å². The van der Waals surface area contributed by atoms with Crippen LogP contribution >= 0.6 is 0 Å². The maximum absolute atomic E-state index is 13.8. The van der Waals surface area contributed by atoms with Gasteiger partial charge in [-0.2, -0.15) is 0 Å². The zero-order chi connectivity index (χ0) is 33.2. The molecule has 0 unspecified atom stereocenters. The first kappa shape index (κ1) is 31.7. The fourth-order valence-corrected chi connectivity index (χ4v) is 5.99. The van der Waals surface area contributed by atoms with Gasteiger partial charge in [-0.15, -0.1) is 10.2 Å². The minimum absolute atomic E-state index is 0.181. The van der Waals surface area contributed by atoms with Gasteiger partial charge in [-0.3, -0.25) is 9.78 Å². The molecule has 1 amide bonds. The van der Waals surface area contributed by atoms with E-state index in [0.717, 1.165) is 28.1 Å². The highest BCUT2D eigenvalue weighted by Gasteiger charge is 2.28. The SMILES string of the molecule is Cc1nnc(-c2c(CCc3ccc(F)cc3)nc(CC(C)C)c(C(N)=O)c2-c2ccc3c(ccn3CCc3ccc(F)c(F)c3)c2)o1. The molecule has 10 heteroatoms. The summed E-state index contributed by atoms with van der Waals surface area (Å²) in [7, 11) is 0. The van der Waals surface area contributed by atoms with Crippen LogP contribution in [0.25, 0.3) is 33.5 Å². The lowest BCUT2D eigenvalue weighted by atomic mass is 9.88. The predicted molar refractivity (Wildman–Crippen MR) is 174 cm³/mol. The average molecular weight is 638 g/mol. The van der Waals surface area contributed by atoms with Gasteiger partial charge in [0.2, 0.25) is 11.8 Å². The molecule has 0 bridgehead atoms. The quantitative estimate of drug-likeness (QED) is 0.156. The van der Waals surface area contributed by atoms with E-state index >= 15 is 0 Å². The first-order valence-electron chi connectivity index (χ1n) is 15.5. The van der Waals surface area contributed by atoms with Crippen LogP contribution in [-0.2, 0) is 32.2 Å². The van der Waals surface area contributed by atoms with Crippen molar-refractivity contribution in [3.05, 3.63) is 124 Å². The van der Waals surface area contributed by atoms with Crippen LogP contribution in [0.3, 0.4) is 0 Å². The summed E-state index contributed by atoms with van der Waals surface area (Å²) >= 11 is 0. The largest absolute Gasteiger partial charge is 0.421 e. The lowest BCUT2D eigenvalue weighted by Gasteiger charge is -2.20. The molecule has 3 aromatic heterocycles. The number of aromatic nitrogens is 4. The first-order valence-corrected chi connectivity index (χ1v) is 15.5. The Labute approximate surface area is 270 Å². The minimum Gasteiger partial charge on any atom is -0.421 e. The van der Waals surface area contributed by atoms with Gasteiger partial charge in [0.05, 0.1) is 22.5 Å². The summed E-state index contributed by atoms with van der Waals surface area (Å²) < 4.78 is 48.8. The van der Waals surface area contributed by atoms with Crippen molar-refractivity contribution in [3.63, 3.8) is 0 Å². The Morgan fingerprint density at radius 2 is 1.62 bits per heavy atom. The molecule has 240 valence electrons. The predicted octanol–water partition coefficient (Wildman–Crippen LogP) is 7.80. The van der Waals surface area contributed by atoms with Crippen molar-refractivity contribution < 1.29 is 22.4 Å². The number of primary amides is 1. The number of benzene rings is 3. The van der Waals surface area contributed by atoms with Crippen molar-refractivity contribution >= 4 is 16.8 Å². The standard InChI is InChI=1S/C37H34F3N5O2/c1-21(2)18-31-34(36(41)46)33(35(37-44-43-22(3)47-37)30(42-31)12-7-23-4-9-27(38)10-5-23)26-8-13-32-25(20-26)15-17-45(32)16-14-24-6-11-28(39)29(40)19-24/h4-6,8-11,13,15,17,19-21H,7,12,14,16,18H2,1-3H3,(H2,41,46). The van der Waals surface area contributed by atoms with Crippen molar-refractivity contribution in [2.75, 3.05) is 0 Å². The lowest BCUT2D eigenvalue weighted by molar-refractivity contribution is 0.0999. The zero-order valence-electron chi connectivity index (χ0n) is 26.4. The van der Waals surface area contributed by atoms with Crippen molar-refractivity contribution in [2.45, 2.75) is 53.0 Å². The fraction of sp³-hybridized carbons (Fsp3) is 0.243. The molecule has 0 aliphatic carbocycles. The number of hydrogen-bond acceptors (Lipinski definition) is 5. The summed E-state index contributed by atoms with van der Waals surface area (Å²) in [4.78, 5) is 18.3. The Morgan fingerprint density at radius 3 is 2.30 bits per heavy atom. The average Bonchev–Trinajstić information content (AvgIpc) is 3.65. The molecule has 3 heterocycles. The van der Waals surface area contributed by atoms with Crippen LogP contribution in [0.2, 0.25) is 0 Å². The van der Waals surface area contributed by atoms with Gasteiger partial charge >= 0.3 is 0 Å². The van der Waals surface area contributed by atoms with Crippen LogP contribution in [0, 0.1) is 30.3 Å². The molecular formula is C37H34F3N5O2. The molecule has 0 saturated carbocycles. The van der Waals surface area contributed by atoms with Gasteiger partial charge in [-0.25, -0.2) is 13.2 Å². The summed E-state index contributed by atoms with van der Waals surface area (Å²) in [6.45, 7) is 6.34. The van der Waals surface area contributed by atoms with Gasteiger partial charge in [0.1, 0.15) is 5.82 Å². The van der Waals surface area contributed by atoms with Gasteiger partial charge in [0.15, 0.2) is 11.6 Å². The van der Waals surface area contributed by atoms with Crippen LogP contribution in [-0.4, -0.2) is 25.7 Å². The van der Waals surface area contributed by atoms with Gasteiger partial charge in [0, 0.05) is 36.1 Å². The maximum atomic E-state index is 13.8. The molecule has 3 aromatic carbocycles. The monoisotopic (exact) mass is 637 g/mol. The molecule has 0 fully saturated rings. The number of hydrogen-bond donors (Lipinski definition) is 1. The van der Waals surface area contributed by atoms with E-state index < -0.39 is 17.5 Å². The van der Waals surface area contributed by atoms with Crippen molar-refractivity contribution in [3.8, 4) is 22.6 Å². The fourth-order valence-electron chi connectivity index (χ4n) is 5.99. The number of amides is 1. The van der Waals surface area contributed by atoms with E-state index in [2.05, 4.69) is 24.0 Å². The Morgan fingerprint density at radius 1 is 0.851 bits per heavy atom. The second kappa shape index (κ2) is 13.2. The number of pyridine rings is 1. The smallest absolute Gasteiger partial charge is 0.251 e. The van der Waals surface area contributed by atoms with E-state index in [1.54, 1.807) is 25.1 Å². The van der Waals surface area contributed by atoms with Crippen molar-refractivity contribution in [2.24, 2.45) is 11.7 Å². The first-order chi connectivity index (χ1) is 22.6. The molecule has 47 heavy (non-hydrogen) atoms. The van der Waals surface area contributed by atoms with Crippen molar-refractivity contribution in [1.82, 2.24) is 19.7 Å². The number of carbonyl (C=O) groups is 1. The maximum Gasteiger partial charge on any atom is 0.251 e. The van der Waals surface area contributed by atoms with Crippen molar-refractivity contribution in [1.29, 1.82) is 0 Å². The molecular weight excluding hydrogens is 603 g/mol. The summed E-state index contributed by atoms with van der Waals surface area (Å²) in [5.41, 5.74) is 12.0. The molecule has 2 N–H and O–H groups in total. The van der Waals surface area contributed by atoms with Crippen LogP contribution in [0.5, 0.6) is 0 Å². The number of nitrogens with two attached hydrogens (primary N) is 1. The molecule has 6 rings (SSSR count). The van der Waals surface area contributed by atoms with Gasteiger partial charge in [-0.1, -0.05) is 38.1 Å². The highest BCUT2D eigenvalue weighted by molar-refractivity contribution is 6.05. The molecule has 0 aliphatic heterocycles. The second-order valence-electron chi connectivity index (χ2n) is 12.1. The Bertz CT molecular complexity index is 2080. The number of rotatable bonds is 11. The Balaban J connectivity index is 1.48. The van der Waals surface area contributed by atoms with Crippen LogP contribution < -0.4 is 5.73 Å². The van der Waals surface area contributed by atoms with Crippen LogP contribution in [0.1, 0.15) is 52.6 Å². The Hall–Kier alpha value is -5.25. The third-order valence-corrected chi connectivity index (χ3v) is 8.18. The number of fused-ring (bicyclic) bond motifs is 1. The molecule has 0 radical (unpaired) electrons.